The van der Waals surface area contributed by atoms with E-state index in [2.05, 4.69) is 31.9 Å². The molecule has 0 bridgehead atoms. The van der Waals surface area contributed by atoms with Crippen molar-refractivity contribution in [2.24, 2.45) is 11.7 Å². The van der Waals surface area contributed by atoms with E-state index in [0.717, 1.165) is 0 Å². The van der Waals surface area contributed by atoms with Crippen molar-refractivity contribution in [3.63, 3.8) is 0 Å². The number of hydrogen-bond donors (Lipinski definition) is 8. The quantitative estimate of drug-likeness (QED) is 0.0895. The molecule has 0 spiro atoms. The van der Waals surface area contributed by atoms with Crippen LogP contribution < -0.4 is 37.6 Å². The van der Waals surface area contributed by atoms with E-state index in [0.29, 0.717) is 5.56 Å². The van der Waals surface area contributed by atoms with Gasteiger partial charge in [0.25, 0.3) is 0 Å². The molecular weight excluding hydrogens is 651 g/mol. The molecule has 47 heavy (non-hydrogen) atoms. The van der Waals surface area contributed by atoms with E-state index in [1.807, 2.05) is 0 Å². The Kier molecular flexibility index (Phi) is 16.7. The third-order valence-electron chi connectivity index (χ3n) is 6.19. The third-order valence-corrected chi connectivity index (χ3v) is 7.20. The molecule has 1 aromatic carbocycles. The molecule has 3 unspecified atom stereocenters. The Balaban J connectivity index is 2.84. The highest BCUT2D eigenvalue weighted by Crippen LogP contribution is 2.23. The van der Waals surface area contributed by atoms with Gasteiger partial charge in [-0.25, -0.2) is 0 Å². The van der Waals surface area contributed by atoms with Gasteiger partial charge in [0.15, 0.2) is 0 Å². The standard InChI is InChI=1S/C28H40F3N7O8S/c1-14(2)23(27(46)47-13-28(29,30)31)38-26(45)19(10-20(32)40)37-24(43)15(3)35-22(42)12-34-25(44)18(36-21(41)11-33-4)9-16-5-7-17(39)8-6-16/h5-8,14-15,18-19,23,33,39H,9-13H2,1-4H3,(H2,32,40)(H,34,44)(H,35,42)(H,36,41)(H,37,43)(H,38,45)/t15?,18?,19-,23?/m0/s1. The fraction of sp³-hybridized carbons (Fsp3) is 0.536. The van der Waals surface area contributed by atoms with Gasteiger partial charge in [0, 0.05) is 6.42 Å². The highest BCUT2D eigenvalue weighted by molar-refractivity contribution is 8.13. The Bertz CT molecular complexity index is 1280. The molecule has 19 heteroatoms. The number of phenolic OH excluding ortho intramolecular Hbond substituents is 1. The van der Waals surface area contributed by atoms with Crippen LogP contribution in [0.15, 0.2) is 24.3 Å². The summed E-state index contributed by atoms with van der Waals surface area (Å²) in [5.41, 5.74) is 5.79. The maximum absolute atomic E-state index is 12.9. The summed E-state index contributed by atoms with van der Waals surface area (Å²) in [6, 6.07) is 0.449. The van der Waals surface area contributed by atoms with Crippen LogP contribution in [-0.2, 0) is 40.0 Å². The first-order valence-electron chi connectivity index (χ1n) is 14.2. The molecule has 0 aliphatic rings. The Labute approximate surface area is 273 Å². The number of rotatable bonds is 18. The summed E-state index contributed by atoms with van der Waals surface area (Å²) in [5.74, 6) is -7.25. The van der Waals surface area contributed by atoms with Crippen molar-refractivity contribution in [3.05, 3.63) is 29.8 Å². The van der Waals surface area contributed by atoms with Gasteiger partial charge in [-0.05, 0) is 37.6 Å². The average Bonchev–Trinajstić information content (AvgIpc) is 2.96. The van der Waals surface area contributed by atoms with Crippen LogP contribution in [0.5, 0.6) is 5.75 Å². The molecule has 9 N–H and O–H groups in total. The van der Waals surface area contributed by atoms with Crippen LogP contribution in [0.1, 0.15) is 32.8 Å². The van der Waals surface area contributed by atoms with Crippen LogP contribution in [0.25, 0.3) is 0 Å². The first-order valence-corrected chi connectivity index (χ1v) is 15.2. The van der Waals surface area contributed by atoms with Crippen molar-refractivity contribution in [2.45, 2.75) is 64.0 Å². The van der Waals surface area contributed by atoms with Crippen LogP contribution >= 0.6 is 11.8 Å². The molecule has 0 aliphatic carbocycles. The molecule has 0 radical (unpaired) electrons. The minimum absolute atomic E-state index is 0.000754. The SMILES string of the molecule is CNCC(=O)NC(Cc1ccc(O)cc1)C(=O)NCC(=O)NC(C)C(=O)N[C@@H](CC(N)=O)C(=O)NC(C(=O)SCC(F)(F)F)C(C)C. The molecule has 4 atom stereocenters. The second-order valence-electron chi connectivity index (χ2n) is 10.7. The van der Waals surface area contributed by atoms with E-state index in [-0.39, 0.29) is 30.5 Å². The van der Waals surface area contributed by atoms with E-state index in [1.165, 1.54) is 40.0 Å². The topological polar surface area (TPSA) is 238 Å². The first kappa shape index (κ1) is 40.6. The molecular formula is C28H40F3N7O8S. The van der Waals surface area contributed by atoms with E-state index in [4.69, 9.17) is 5.73 Å². The van der Waals surface area contributed by atoms with E-state index >= 15 is 0 Å². The van der Waals surface area contributed by atoms with Gasteiger partial charge in [-0.15, -0.1) is 0 Å². The van der Waals surface area contributed by atoms with E-state index in [9.17, 15) is 51.8 Å². The zero-order chi connectivity index (χ0) is 35.9. The number of thioether (sulfide) groups is 1. The lowest BCUT2D eigenvalue weighted by atomic mass is 10.0. The minimum Gasteiger partial charge on any atom is -0.508 e. The summed E-state index contributed by atoms with van der Waals surface area (Å²) in [5, 5.41) is 22.8. The summed E-state index contributed by atoms with van der Waals surface area (Å²) < 4.78 is 37.7. The zero-order valence-corrected chi connectivity index (χ0v) is 27.0. The van der Waals surface area contributed by atoms with Crippen LogP contribution in [-0.4, -0.2) is 102 Å². The number of alkyl halides is 3. The van der Waals surface area contributed by atoms with Gasteiger partial charge in [-0.3, -0.25) is 33.6 Å². The van der Waals surface area contributed by atoms with E-state index in [1.54, 1.807) is 12.1 Å². The molecule has 0 fully saturated rings. The molecule has 1 rings (SSSR count). The maximum atomic E-state index is 12.9. The maximum Gasteiger partial charge on any atom is 0.398 e. The lowest BCUT2D eigenvalue weighted by Gasteiger charge is -2.25. The van der Waals surface area contributed by atoms with Crippen LogP contribution in [0.2, 0.25) is 0 Å². The summed E-state index contributed by atoms with van der Waals surface area (Å²) in [7, 11) is 1.53. The number of primary amides is 1. The summed E-state index contributed by atoms with van der Waals surface area (Å²) >= 11 is -0.0407. The highest BCUT2D eigenvalue weighted by atomic mass is 32.2. The number of likely N-dealkylation sites (N-methyl/N-ethyl adjacent to an activating group) is 1. The van der Waals surface area contributed by atoms with Crippen molar-refractivity contribution < 1.29 is 51.8 Å². The smallest absolute Gasteiger partial charge is 0.398 e. The molecule has 0 heterocycles. The lowest BCUT2D eigenvalue weighted by molar-refractivity contribution is -0.134. The molecule has 262 valence electrons. The summed E-state index contributed by atoms with van der Waals surface area (Å²) in [6.07, 6.45) is -5.34. The molecule has 15 nitrogen and oxygen atoms in total. The number of carbonyl (C=O) groups is 7. The first-order chi connectivity index (χ1) is 21.8. The van der Waals surface area contributed by atoms with Gasteiger partial charge in [0.1, 0.15) is 29.9 Å². The van der Waals surface area contributed by atoms with E-state index < -0.39 is 95.5 Å². The van der Waals surface area contributed by atoms with Crippen molar-refractivity contribution >= 4 is 52.3 Å². The molecule has 6 amide bonds. The molecule has 0 aromatic heterocycles. The largest absolute Gasteiger partial charge is 0.508 e. The Hall–Kier alpha value is -4.39. The summed E-state index contributed by atoms with van der Waals surface area (Å²) in [4.78, 5) is 87.1. The van der Waals surface area contributed by atoms with Crippen LogP contribution in [0, 0.1) is 5.92 Å². The second-order valence-corrected chi connectivity index (χ2v) is 11.7. The van der Waals surface area contributed by atoms with Gasteiger partial charge < -0.3 is 42.7 Å². The monoisotopic (exact) mass is 691 g/mol. The normalized spacial score (nSPS) is 13.8. The lowest BCUT2D eigenvalue weighted by Crippen LogP contribution is -2.57. The Morgan fingerprint density at radius 2 is 1.43 bits per heavy atom. The number of hydrogen-bond acceptors (Lipinski definition) is 10. The molecule has 0 saturated carbocycles. The predicted octanol–water partition coefficient (Wildman–Crippen LogP) is -1.42. The average molecular weight is 692 g/mol. The van der Waals surface area contributed by atoms with Crippen LogP contribution in [0.3, 0.4) is 0 Å². The number of carbonyl (C=O) groups excluding carboxylic acids is 7. The minimum atomic E-state index is -4.63. The zero-order valence-electron chi connectivity index (χ0n) is 26.2. The van der Waals surface area contributed by atoms with Gasteiger partial charge in [-0.1, -0.05) is 37.7 Å². The fourth-order valence-electron chi connectivity index (χ4n) is 3.83. The molecule has 1 aromatic rings. The number of benzene rings is 1. The number of nitrogens with two attached hydrogens (primary N) is 1. The fourth-order valence-corrected chi connectivity index (χ4v) is 4.65. The van der Waals surface area contributed by atoms with Gasteiger partial charge in [0.2, 0.25) is 40.6 Å². The van der Waals surface area contributed by atoms with Crippen LogP contribution in [0.4, 0.5) is 13.2 Å². The molecule has 0 saturated heterocycles. The summed E-state index contributed by atoms with van der Waals surface area (Å²) in [6.45, 7) is 3.46. The van der Waals surface area contributed by atoms with Gasteiger partial charge in [0.05, 0.1) is 25.3 Å². The number of nitrogens with one attached hydrogen (secondary N) is 6. The third kappa shape index (κ3) is 16.1. The number of halogens is 3. The number of aromatic hydroxyl groups is 1. The Morgan fingerprint density at radius 3 is 1.96 bits per heavy atom. The Morgan fingerprint density at radius 1 is 0.830 bits per heavy atom. The van der Waals surface area contributed by atoms with Crippen molar-refractivity contribution in [2.75, 3.05) is 25.9 Å². The van der Waals surface area contributed by atoms with Crippen molar-refractivity contribution in [1.82, 2.24) is 31.9 Å². The van der Waals surface area contributed by atoms with Gasteiger partial charge >= 0.3 is 6.18 Å². The molecule has 0 aliphatic heterocycles. The van der Waals surface area contributed by atoms with Gasteiger partial charge in [-0.2, -0.15) is 13.2 Å². The number of phenols is 1. The predicted molar refractivity (Wildman–Crippen MR) is 164 cm³/mol. The second kappa shape index (κ2) is 19.3. The van der Waals surface area contributed by atoms with Crippen molar-refractivity contribution in [1.29, 1.82) is 0 Å². The highest BCUT2D eigenvalue weighted by Gasteiger charge is 2.34. The number of amides is 6. The van der Waals surface area contributed by atoms with Crippen molar-refractivity contribution in [3.8, 4) is 5.75 Å².